The summed E-state index contributed by atoms with van der Waals surface area (Å²) >= 11 is 13.0. The summed E-state index contributed by atoms with van der Waals surface area (Å²) in [6.07, 6.45) is 6.86. The van der Waals surface area contributed by atoms with Crippen LogP contribution in [0.3, 0.4) is 0 Å². The molecule has 7 rings (SSSR count). The molecule has 8 nitrogen and oxygen atoms in total. The molecule has 0 radical (unpaired) electrons. The SMILES string of the molecule is CN1CCC[C@H]1COc1nc2c(c(N3CC4CCCC3CN4)n1)CCN(c1cc(N)cc(Cl)c1Cl)C2. The van der Waals surface area contributed by atoms with Crippen LogP contribution in [0.15, 0.2) is 12.1 Å². The van der Waals surface area contributed by atoms with Gasteiger partial charge in [-0.25, -0.2) is 0 Å². The molecule has 2 aromatic rings. The predicted molar refractivity (Wildman–Crippen MR) is 146 cm³/mol. The molecule has 4 fully saturated rings. The van der Waals surface area contributed by atoms with Gasteiger partial charge in [0.15, 0.2) is 0 Å². The quantitative estimate of drug-likeness (QED) is 0.564. The van der Waals surface area contributed by atoms with E-state index in [-0.39, 0.29) is 0 Å². The lowest BCUT2D eigenvalue weighted by molar-refractivity contribution is 0.187. The van der Waals surface area contributed by atoms with Gasteiger partial charge < -0.3 is 30.5 Å². The largest absolute Gasteiger partial charge is 0.462 e. The first kappa shape index (κ1) is 24.3. The first-order valence-electron chi connectivity index (χ1n) is 13.2. The summed E-state index contributed by atoms with van der Waals surface area (Å²) in [5.74, 6) is 1.06. The summed E-state index contributed by atoms with van der Waals surface area (Å²) < 4.78 is 6.28. The molecule has 0 spiro atoms. The van der Waals surface area contributed by atoms with Gasteiger partial charge in [0.2, 0.25) is 0 Å². The minimum absolute atomic E-state index is 0.413. The Labute approximate surface area is 223 Å². The second kappa shape index (κ2) is 10.0. The number of fused-ring (bicyclic) bond motifs is 5. The van der Waals surface area contributed by atoms with Crippen molar-refractivity contribution in [3.05, 3.63) is 33.4 Å². The Kier molecular flexibility index (Phi) is 6.79. The first-order valence-corrected chi connectivity index (χ1v) is 13.9. The molecule has 36 heavy (non-hydrogen) atoms. The fourth-order valence-electron chi connectivity index (χ4n) is 6.26. The smallest absolute Gasteiger partial charge is 0.318 e. The average Bonchev–Trinajstić information content (AvgIpc) is 3.05. The summed E-state index contributed by atoms with van der Waals surface area (Å²) in [4.78, 5) is 17.1. The number of hydrogen-bond acceptors (Lipinski definition) is 8. The normalized spacial score (nSPS) is 26.2. The molecule has 2 unspecified atom stereocenters. The molecule has 3 atom stereocenters. The van der Waals surface area contributed by atoms with E-state index in [0.717, 1.165) is 56.2 Å². The maximum atomic E-state index is 6.60. The van der Waals surface area contributed by atoms with E-state index < -0.39 is 0 Å². The van der Waals surface area contributed by atoms with Crippen LogP contribution in [0.2, 0.25) is 10.0 Å². The number of rotatable bonds is 5. The van der Waals surface area contributed by atoms with Crippen molar-refractivity contribution in [2.45, 2.75) is 63.2 Å². The number of nitrogens with zero attached hydrogens (tertiary/aromatic N) is 5. The van der Waals surface area contributed by atoms with Gasteiger partial charge in [0.1, 0.15) is 12.4 Å². The van der Waals surface area contributed by atoms with E-state index in [1.165, 1.54) is 31.2 Å². The van der Waals surface area contributed by atoms with Crippen molar-refractivity contribution in [3.8, 4) is 6.01 Å². The zero-order valence-electron chi connectivity index (χ0n) is 20.8. The minimum Gasteiger partial charge on any atom is -0.462 e. The van der Waals surface area contributed by atoms with Gasteiger partial charge in [-0.05, 0) is 64.3 Å². The fourth-order valence-corrected chi connectivity index (χ4v) is 6.71. The number of nitrogens with one attached hydrogen (secondary N) is 1. The zero-order chi connectivity index (χ0) is 24.8. The molecule has 1 aromatic heterocycles. The molecule has 6 heterocycles. The van der Waals surface area contributed by atoms with Crippen molar-refractivity contribution in [2.24, 2.45) is 0 Å². The van der Waals surface area contributed by atoms with Crippen molar-refractivity contribution in [2.75, 3.05) is 55.4 Å². The second-order valence-electron chi connectivity index (χ2n) is 10.7. The van der Waals surface area contributed by atoms with Gasteiger partial charge in [0.25, 0.3) is 0 Å². The van der Waals surface area contributed by atoms with Gasteiger partial charge in [0.05, 0.1) is 28.0 Å². The van der Waals surface area contributed by atoms with Crippen LogP contribution in [0.5, 0.6) is 6.01 Å². The minimum atomic E-state index is 0.413. The van der Waals surface area contributed by atoms with Crippen LogP contribution in [0.1, 0.15) is 43.4 Å². The second-order valence-corrected chi connectivity index (χ2v) is 11.5. The predicted octanol–water partition coefficient (Wildman–Crippen LogP) is 3.73. The maximum absolute atomic E-state index is 6.60. The lowest BCUT2D eigenvalue weighted by atomic mass is 10.0. The zero-order valence-corrected chi connectivity index (χ0v) is 22.4. The standard InChI is InChI=1S/C26H35Cl2N7O/c1-33-8-3-6-19(33)15-36-26-31-22-14-34(23-11-16(29)10-21(27)24(23)28)9-7-20(22)25(32-26)35-13-17-4-2-5-18(35)12-30-17/h10-11,17-19,30H,2-9,12-15,29H2,1H3/t17?,18?,19-/m0/s1. The van der Waals surface area contributed by atoms with Crippen LogP contribution < -0.4 is 25.6 Å². The maximum Gasteiger partial charge on any atom is 0.318 e. The van der Waals surface area contributed by atoms with Gasteiger partial charge >= 0.3 is 6.01 Å². The molecule has 2 bridgehead atoms. The van der Waals surface area contributed by atoms with Crippen LogP contribution >= 0.6 is 23.2 Å². The van der Waals surface area contributed by atoms with E-state index in [2.05, 4.69) is 27.1 Å². The molecular weight excluding hydrogens is 497 g/mol. The number of likely N-dealkylation sites (N-methyl/N-ethyl adjacent to an activating group) is 1. The molecule has 1 aromatic carbocycles. The summed E-state index contributed by atoms with van der Waals surface area (Å²) in [7, 11) is 2.17. The van der Waals surface area contributed by atoms with Crippen LogP contribution in [-0.2, 0) is 13.0 Å². The molecule has 3 N–H and O–H groups in total. The molecule has 194 valence electrons. The number of ether oxygens (including phenoxy) is 1. The van der Waals surface area contributed by atoms with Crippen LogP contribution in [-0.4, -0.2) is 72.8 Å². The Morgan fingerprint density at radius 1 is 1.14 bits per heavy atom. The summed E-state index contributed by atoms with van der Waals surface area (Å²) in [6.45, 7) is 5.14. The highest BCUT2D eigenvalue weighted by molar-refractivity contribution is 6.44. The van der Waals surface area contributed by atoms with Gasteiger partial charge in [0, 0.05) is 49.0 Å². The number of aromatic nitrogens is 2. The number of halogens is 2. The number of hydrogen-bond donors (Lipinski definition) is 2. The van der Waals surface area contributed by atoms with Gasteiger partial charge in [-0.1, -0.05) is 23.2 Å². The number of likely N-dealkylation sites (tertiary alicyclic amines) is 1. The molecular formula is C26H35Cl2N7O. The lowest BCUT2D eigenvalue weighted by Gasteiger charge is -2.41. The molecule has 5 aliphatic heterocycles. The monoisotopic (exact) mass is 531 g/mol. The Balaban J connectivity index is 1.34. The van der Waals surface area contributed by atoms with Crippen molar-refractivity contribution >= 4 is 40.4 Å². The molecule has 4 saturated heterocycles. The molecule has 0 saturated carbocycles. The van der Waals surface area contributed by atoms with E-state index in [4.69, 9.17) is 43.6 Å². The number of anilines is 3. The van der Waals surface area contributed by atoms with Crippen molar-refractivity contribution in [1.82, 2.24) is 20.2 Å². The third-order valence-electron chi connectivity index (χ3n) is 8.33. The molecule has 0 aliphatic carbocycles. The topological polar surface area (TPSA) is 82.8 Å². The Morgan fingerprint density at radius 2 is 2.03 bits per heavy atom. The first-order chi connectivity index (χ1) is 17.5. The van der Waals surface area contributed by atoms with Gasteiger partial charge in [-0.2, -0.15) is 9.97 Å². The molecule has 0 amide bonds. The van der Waals surface area contributed by atoms with Crippen LogP contribution in [0.25, 0.3) is 0 Å². The van der Waals surface area contributed by atoms with Crippen molar-refractivity contribution < 1.29 is 4.74 Å². The highest BCUT2D eigenvalue weighted by atomic mass is 35.5. The Bertz CT molecular complexity index is 1130. The molecule has 10 heteroatoms. The highest BCUT2D eigenvalue weighted by Gasteiger charge is 2.35. The number of benzene rings is 1. The van der Waals surface area contributed by atoms with Crippen molar-refractivity contribution in [1.29, 1.82) is 0 Å². The number of piperazine rings is 1. The summed E-state index contributed by atoms with van der Waals surface area (Å²) in [5.41, 5.74) is 9.79. The average molecular weight is 533 g/mol. The fraction of sp³-hybridized carbons (Fsp3) is 0.615. The lowest BCUT2D eigenvalue weighted by Crippen LogP contribution is -2.55. The van der Waals surface area contributed by atoms with Gasteiger partial charge in [-0.15, -0.1) is 0 Å². The Morgan fingerprint density at radius 3 is 2.86 bits per heavy atom. The highest BCUT2D eigenvalue weighted by Crippen LogP contribution is 2.39. The number of nitrogen functional groups attached to an aromatic ring is 1. The van der Waals surface area contributed by atoms with E-state index in [1.807, 2.05) is 6.07 Å². The van der Waals surface area contributed by atoms with E-state index in [1.54, 1.807) is 6.07 Å². The van der Waals surface area contributed by atoms with Crippen LogP contribution in [0.4, 0.5) is 17.2 Å². The summed E-state index contributed by atoms with van der Waals surface area (Å²) in [6, 6.07) is 5.46. The molecule has 5 aliphatic rings. The van der Waals surface area contributed by atoms with Crippen LogP contribution in [0, 0.1) is 0 Å². The van der Waals surface area contributed by atoms with E-state index in [0.29, 0.717) is 53.0 Å². The van der Waals surface area contributed by atoms with E-state index in [9.17, 15) is 0 Å². The van der Waals surface area contributed by atoms with Gasteiger partial charge in [-0.3, -0.25) is 0 Å². The van der Waals surface area contributed by atoms with Crippen molar-refractivity contribution in [3.63, 3.8) is 0 Å². The van der Waals surface area contributed by atoms with E-state index >= 15 is 0 Å². The third-order valence-corrected chi connectivity index (χ3v) is 9.13. The number of nitrogens with two attached hydrogens (primary N) is 1. The summed E-state index contributed by atoms with van der Waals surface area (Å²) in [5, 5.41) is 4.72. The Hall–Kier alpha value is -2.00. The third kappa shape index (κ3) is 4.69.